The summed E-state index contributed by atoms with van der Waals surface area (Å²) in [7, 11) is -6.77. The Hall–Kier alpha value is -0.829. The number of ketones is 1. The Labute approximate surface area is 292 Å². The average molecular weight is 707 g/mol. The van der Waals surface area contributed by atoms with Gasteiger partial charge in [-0.05, 0) is 61.0 Å². The zero-order valence-corrected chi connectivity index (χ0v) is 37.1. The maximum atomic E-state index is 7.72. The van der Waals surface area contributed by atoms with Crippen molar-refractivity contribution in [3.63, 3.8) is 0 Å². The monoisotopic (exact) mass is 705 g/mol. The van der Waals surface area contributed by atoms with Crippen molar-refractivity contribution in [3.8, 4) is 0 Å². The van der Waals surface area contributed by atoms with Crippen molar-refractivity contribution in [3.05, 3.63) is 45.4 Å². The Morgan fingerprint density at radius 3 is 1.85 bits per heavy atom. The minimum Gasteiger partial charge on any atom is -0.686 e. The molecule has 3 rings (SSSR count). The van der Waals surface area contributed by atoms with E-state index in [1.54, 1.807) is 0 Å². The summed E-state index contributed by atoms with van der Waals surface area (Å²) in [5.41, 5.74) is 4.31. The molecule has 46 heavy (non-hydrogen) atoms. The molecule has 1 saturated carbocycles. The van der Waals surface area contributed by atoms with E-state index in [9.17, 15) is 0 Å². The molecule has 0 spiro atoms. The van der Waals surface area contributed by atoms with E-state index in [1.807, 2.05) is 0 Å². The standard InChI is InChI=1S/C39H70ClO3Si3/c1-27-21-22-32-38(11,12)23-20-24-39(32,13)29(27)25-28-30(41-44(14,15)35(2,3)4)26-31(42-45(16,17)36(5,6)7)34(33(28)40)43-46(18,19)37(8,9)10/h25-26,32H,20-24H2,1-19H3/q-2/b28-25+/t32-,39+/m0/s1. The zero-order valence-electron chi connectivity index (χ0n) is 33.4. The highest BCUT2D eigenvalue weighted by Crippen LogP contribution is 2.60. The van der Waals surface area contributed by atoms with Gasteiger partial charge in [0.2, 0.25) is 0 Å². The Morgan fingerprint density at radius 1 is 0.826 bits per heavy atom. The lowest BCUT2D eigenvalue weighted by Crippen LogP contribution is -2.45. The van der Waals surface area contributed by atoms with Crippen LogP contribution in [0.3, 0.4) is 0 Å². The molecular formula is C39H70ClO3Si3-2. The molecule has 0 unspecified atom stereocenters. The minimum atomic E-state index is -2.28. The van der Waals surface area contributed by atoms with Crippen LogP contribution in [0.2, 0.25) is 54.4 Å². The molecule has 0 bridgehead atoms. The van der Waals surface area contributed by atoms with Crippen LogP contribution in [0.25, 0.3) is 0 Å². The molecule has 2 atom stereocenters. The first-order chi connectivity index (χ1) is 20.4. The average Bonchev–Trinajstić information content (AvgIpc) is 2.82. The Kier molecular flexibility index (Phi) is 10.8. The second-order valence-corrected chi connectivity index (χ2v) is 34.8. The van der Waals surface area contributed by atoms with E-state index in [4.69, 9.17) is 24.6 Å². The largest absolute Gasteiger partial charge is 0.686 e. The summed E-state index contributed by atoms with van der Waals surface area (Å²) in [5, 5.41) is 0.677. The van der Waals surface area contributed by atoms with Crippen molar-refractivity contribution < 1.29 is 13.0 Å². The lowest BCUT2D eigenvalue weighted by molar-refractivity contribution is -0.310. The van der Waals surface area contributed by atoms with Gasteiger partial charge in [-0.15, -0.1) is 36.3 Å². The van der Waals surface area contributed by atoms with E-state index in [0.717, 1.165) is 23.5 Å². The van der Waals surface area contributed by atoms with Crippen molar-refractivity contribution >= 4 is 42.3 Å². The maximum absolute atomic E-state index is 7.72. The minimum absolute atomic E-state index is 0.00161. The number of halogens is 1. The number of allylic oxidation sites excluding steroid dienone is 6. The predicted octanol–water partition coefficient (Wildman–Crippen LogP) is 13.4. The summed E-state index contributed by atoms with van der Waals surface area (Å²) < 4.78 is 21.6. The summed E-state index contributed by atoms with van der Waals surface area (Å²) in [5.74, 6) is 2.92. The van der Waals surface area contributed by atoms with Gasteiger partial charge in [-0.2, -0.15) is 0 Å². The van der Waals surface area contributed by atoms with Gasteiger partial charge in [0, 0.05) is 16.6 Å². The van der Waals surface area contributed by atoms with Crippen LogP contribution >= 0.6 is 11.6 Å². The fourth-order valence-corrected chi connectivity index (χ4v) is 10.2. The molecule has 3 aliphatic rings. The molecule has 0 amide bonds. The van der Waals surface area contributed by atoms with Crippen LogP contribution in [-0.4, -0.2) is 30.7 Å². The van der Waals surface area contributed by atoms with Crippen molar-refractivity contribution in [2.75, 3.05) is 0 Å². The van der Waals surface area contributed by atoms with E-state index in [-0.39, 0.29) is 20.5 Å². The van der Waals surface area contributed by atoms with E-state index >= 15 is 0 Å². The third-order valence-electron chi connectivity index (χ3n) is 13.1. The second-order valence-electron chi connectivity index (χ2n) is 20.2. The number of carbonyl (C=O) groups excluding carboxylic acids is 1. The third-order valence-corrected chi connectivity index (χ3v) is 26.5. The zero-order chi connectivity index (χ0) is 35.7. The molecule has 0 aromatic carbocycles. The van der Waals surface area contributed by atoms with Crippen LogP contribution in [-0.2, 0) is 13.0 Å². The fraction of sp³-hybridized carbons (Fsp3) is 0.769. The van der Waals surface area contributed by atoms with Crippen molar-refractivity contribution in [2.24, 2.45) is 16.7 Å². The summed E-state index contributed by atoms with van der Waals surface area (Å²) in [6, 6.07) is 0. The summed E-state index contributed by atoms with van der Waals surface area (Å²) >= 11 is 7.72. The Balaban J connectivity index is 2.42. The molecule has 0 radical (unpaired) electrons. The van der Waals surface area contributed by atoms with E-state index in [0.29, 0.717) is 22.1 Å². The number of hydrogen-bond donors (Lipinski definition) is 0. The first kappa shape index (κ1) is 39.6. The van der Waals surface area contributed by atoms with Crippen LogP contribution in [0.1, 0.15) is 122 Å². The Morgan fingerprint density at radius 2 is 1.35 bits per heavy atom. The highest BCUT2D eigenvalue weighted by molar-refractivity contribution is 6.75. The van der Waals surface area contributed by atoms with Crippen molar-refractivity contribution in [1.29, 1.82) is 0 Å². The van der Waals surface area contributed by atoms with Gasteiger partial charge in [-0.3, -0.25) is 0 Å². The van der Waals surface area contributed by atoms with Crippen LogP contribution in [0.4, 0.5) is 0 Å². The summed E-state index contributed by atoms with van der Waals surface area (Å²) in [6.07, 6.45) is 10.7. The number of fused-ring (bicyclic) bond motifs is 1. The molecule has 0 N–H and O–H groups in total. The SMILES string of the molecule is CC1=C(/C=C2\C(=[O+][Si-](C)(C)C(C)(C)C)C=C(O[Si-](C)(C)C(C)(C)C)C(O[Si-](C)(C)C(C)(C)C)=C2Cl)[C@@]2(C)CCCC(C)(C)[C@@H]2CC1. The molecule has 0 heterocycles. The van der Waals surface area contributed by atoms with Gasteiger partial charge >= 0.3 is 8.32 Å². The lowest BCUT2D eigenvalue weighted by atomic mass is 9.50. The van der Waals surface area contributed by atoms with Gasteiger partial charge in [-0.25, -0.2) is 0 Å². The number of rotatable bonds is 6. The van der Waals surface area contributed by atoms with Crippen LogP contribution < -0.4 is 0 Å². The molecule has 3 aliphatic carbocycles. The lowest BCUT2D eigenvalue weighted by Gasteiger charge is -2.55. The molecule has 7 heteroatoms. The molecule has 0 saturated heterocycles. The Bertz CT molecular complexity index is 1350. The highest BCUT2D eigenvalue weighted by Gasteiger charge is 2.50. The fourth-order valence-electron chi connectivity index (χ4n) is 6.82. The quantitative estimate of drug-likeness (QED) is 0.156. The molecular weight excluding hydrogens is 636 g/mol. The van der Waals surface area contributed by atoms with Gasteiger partial charge < -0.3 is 13.0 Å². The molecule has 0 aromatic heterocycles. The first-order valence-electron chi connectivity index (χ1n) is 17.9. The van der Waals surface area contributed by atoms with E-state index < -0.39 is 25.0 Å². The van der Waals surface area contributed by atoms with E-state index in [1.165, 1.54) is 36.8 Å². The van der Waals surface area contributed by atoms with Crippen molar-refractivity contribution in [2.45, 2.75) is 177 Å². The van der Waals surface area contributed by atoms with Gasteiger partial charge in [0.1, 0.15) is 11.5 Å². The van der Waals surface area contributed by atoms with Gasteiger partial charge in [-0.1, -0.05) is 125 Å². The summed E-state index contributed by atoms with van der Waals surface area (Å²) in [6.45, 7) is 44.3. The second kappa shape index (κ2) is 12.5. The molecule has 0 aliphatic heterocycles. The smallest absolute Gasteiger partial charge is 0.314 e. The topological polar surface area (TPSA) is 29.8 Å². The highest BCUT2D eigenvalue weighted by atomic mass is 35.5. The normalized spacial score (nSPS) is 27.2. The maximum Gasteiger partial charge on any atom is 0.314 e. The first-order valence-corrected chi connectivity index (χ1v) is 27.0. The molecule has 265 valence electrons. The van der Waals surface area contributed by atoms with Crippen molar-refractivity contribution in [1.82, 2.24) is 0 Å². The third kappa shape index (κ3) is 7.65. The van der Waals surface area contributed by atoms with Gasteiger partial charge in [0.25, 0.3) is 5.78 Å². The summed E-state index contributed by atoms with van der Waals surface area (Å²) in [4.78, 5) is 0. The van der Waals surface area contributed by atoms with Gasteiger partial charge in [0.15, 0.2) is 0 Å². The van der Waals surface area contributed by atoms with E-state index in [2.05, 4.69) is 141 Å². The molecule has 3 nitrogen and oxygen atoms in total. The van der Waals surface area contributed by atoms with Crippen LogP contribution in [0.5, 0.6) is 0 Å². The van der Waals surface area contributed by atoms with Crippen LogP contribution in [0, 0.1) is 16.7 Å². The number of hydrogen-bond acceptors (Lipinski definition) is 2. The molecule has 0 aromatic rings. The van der Waals surface area contributed by atoms with Crippen LogP contribution in [0.15, 0.2) is 45.4 Å². The van der Waals surface area contributed by atoms with Gasteiger partial charge in [0.05, 0.1) is 16.7 Å². The predicted molar refractivity (Wildman–Crippen MR) is 209 cm³/mol. The molecule has 1 fully saturated rings.